The van der Waals surface area contributed by atoms with E-state index < -0.39 is 12.7 Å². The van der Waals surface area contributed by atoms with Gasteiger partial charge in [0.15, 0.2) is 0 Å². The third kappa shape index (κ3) is 3.23. The van der Waals surface area contributed by atoms with Crippen LogP contribution < -0.4 is 5.32 Å². The number of hydrogen-bond acceptors (Lipinski definition) is 2. The Morgan fingerprint density at radius 3 is 2.47 bits per heavy atom. The minimum Gasteiger partial charge on any atom is -0.315 e. The van der Waals surface area contributed by atoms with Crippen molar-refractivity contribution >= 4 is 12.4 Å². The summed E-state index contributed by atoms with van der Waals surface area (Å²) in [6.45, 7) is 0.839. The summed E-state index contributed by atoms with van der Waals surface area (Å²) in [7, 11) is 0. The van der Waals surface area contributed by atoms with Crippen molar-refractivity contribution in [2.75, 3.05) is 19.6 Å². The third-order valence-corrected chi connectivity index (χ3v) is 3.17. The summed E-state index contributed by atoms with van der Waals surface area (Å²) >= 11 is 0. The van der Waals surface area contributed by atoms with Crippen LogP contribution in [0.2, 0.25) is 0 Å². The molecule has 2 rings (SSSR count). The lowest BCUT2D eigenvalue weighted by Gasteiger charge is -2.28. The van der Waals surface area contributed by atoms with E-state index in [0.29, 0.717) is 6.54 Å². The number of alkyl halides is 3. The second-order valence-electron chi connectivity index (χ2n) is 4.17. The van der Waals surface area contributed by atoms with E-state index in [1.165, 1.54) is 0 Å². The molecule has 0 saturated carbocycles. The van der Waals surface area contributed by atoms with E-state index in [1.54, 1.807) is 4.90 Å². The van der Waals surface area contributed by atoms with Crippen molar-refractivity contribution in [3.8, 4) is 0 Å². The van der Waals surface area contributed by atoms with E-state index in [0.717, 1.165) is 25.8 Å². The third-order valence-electron chi connectivity index (χ3n) is 3.17. The molecule has 2 unspecified atom stereocenters. The van der Waals surface area contributed by atoms with Gasteiger partial charge in [-0.1, -0.05) is 0 Å². The highest BCUT2D eigenvalue weighted by Crippen LogP contribution is 2.31. The Morgan fingerprint density at radius 2 is 1.80 bits per heavy atom. The van der Waals surface area contributed by atoms with Crippen molar-refractivity contribution in [3.63, 3.8) is 0 Å². The fraction of sp³-hybridized carbons (Fsp3) is 1.00. The lowest BCUT2D eigenvalue weighted by Crippen LogP contribution is -2.43. The minimum absolute atomic E-state index is 0. The van der Waals surface area contributed by atoms with Gasteiger partial charge in [0.1, 0.15) is 0 Å². The van der Waals surface area contributed by atoms with Gasteiger partial charge in [0.25, 0.3) is 0 Å². The van der Waals surface area contributed by atoms with Gasteiger partial charge in [0.05, 0.1) is 6.54 Å². The Balaban J connectivity index is 0.00000112. The maximum atomic E-state index is 12.3. The normalized spacial score (nSPS) is 32.2. The van der Waals surface area contributed by atoms with Crippen molar-refractivity contribution in [3.05, 3.63) is 0 Å². The lowest BCUT2D eigenvalue weighted by molar-refractivity contribution is -0.151. The van der Waals surface area contributed by atoms with Gasteiger partial charge in [-0.05, 0) is 25.8 Å². The van der Waals surface area contributed by atoms with E-state index in [4.69, 9.17) is 0 Å². The molecule has 2 aliphatic heterocycles. The van der Waals surface area contributed by atoms with E-state index in [1.807, 2.05) is 0 Å². The summed E-state index contributed by atoms with van der Waals surface area (Å²) in [6, 6.07) is 0.251. The molecule has 2 nitrogen and oxygen atoms in total. The molecule has 0 radical (unpaired) electrons. The van der Waals surface area contributed by atoms with Gasteiger partial charge in [-0.2, -0.15) is 13.2 Å². The maximum absolute atomic E-state index is 12.3. The van der Waals surface area contributed by atoms with Gasteiger partial charge in [0, 0.05) is 18.6 Å². The Hall–Kier alpha value is -0.0000000000000000416. The lowest BCUT2D eigenvalue weighted by atomic mass is 10.1. The van der Waals surface area contributed by atoms with Crippen LogP contribution in [0.15, 0.2) is 0 Å². The largest absolute Gasteiger partial charge is 0.401 e. The molecule has 2 heterocycles. The zero-order valence-electron chi connectivity index (χ0n) is 8.39. The van der Waals surface area contributed by atoms with Crippen LogP contribution in [0.3, 0.4) is 0 Å². The van der Waals surface area contributed by atoms with Crippen molar-refractivity contribution in [2.24, 2.45) is 0 Å². The number of rotatable bonds is 1. The molecule has 0 amide bonds. The first kappa shape index (κ1) is 13.1. The van der Waals surface area contributed by atoms with Crippen LogP contribution >= 0.6 is 12.4 Å². The van der Waals surface area contributed by atoms with E-state index >= 15 is 0 Å². The number of nitrogens with zero attached hydrogens (tertiary/aromatic N) is 1. The van der Waals surface area contributed by atoms with Crippen LogP contribution in [0.4, 0.5) is 13.2 Å². The zero-order valence-corrected chi connectivity index (χ0v) is 9.20. The highest BCUT2D eigenvalue weighted by atomic mass is 35.5. The summed E-state index contributed by atoms with van der Waals surface area (Å²) in [5.41, 5.74) is 0. The van der Waals surface area contributed by atoms with E-state index in [-0.39, 0.29) is 24.5 Å². The van der Waals surface area contributed by atoms with Crippen LogP contribution in [-0.2, 0) is 0 Å². The van der Waals surface area contributed by atoms with Gasteiger partial charge in [-0.3, -0.25) is 4.90 Å². The predicted octanol–water partition coefficient (Wildman–Crippen LogP) is 1.80. The van der Waals surface area contributed by atoms with Crippen molar-refractivity contribution in [1.82, 2.24) is 10.2 Å². The maximum Gasteiger partial charge on any atom is 0.401 e. The second-order valence-corrected chi connectivity index (χ2v) is 4.17. The SMILES string of the molecule is Cl.FC(F)(F)CN1C2CCNCC1CC2. The predicted molar refractivity (Wildman–Crippen MR) is 54.3 cm³/mol. The summed E-state index contributed by atoms with van der Waals surface area (Å²) in [5, 5.41) is 3.19. The quantitative estimate of drug-likeness (QED) is 0.757. The van der Waals surface area contributed by atoms with Gasteiger partial charge in [0.2, 0.25) is 0 Å². The molecule has 2 atom stereocenters. The van der Waals surface area contributed by atoms with E-state index in [9.17, 15) is 13.2 Å². The molecule has 6 heteroatoms. The summed E-state index contributed by atoms with van der Waals surface area (Å²) in [6.07, 6.45) is -1.35. The van der Waals surface area contributed by atoms with Crippen LogP contribution in [0.25, 0.3) is 0 Å². The Bertz CT molecular complexity index is 196. The first-order chi connectivity index (χ1) is 6.56. The molecule has 2 saturated heterocycles. The molecule has 90 valence electrons. The molecule has 0 aromatic rings. The topological polar surface area (TPSA) is 15.3 Å². The monoisotopic (exact) mass is 244 g/mol. The first-order valence-corrected chi connectivity index (χ1v) is 5.09. The van der Waals surface area contributed by atoms with E-state index in [2.05, 4.69) is 5.32 Å². The van der Waals surface area contributed by atoms with Gasteiger partial charge < -0.3 is 5.32 Å². The Labute approximate surface area is 93.6 Å². The van der Waals surface area contributed by atoms with Gasteiger partial charge >= 0.3 is 6.18 Å². The molecule has 0 aromatic carbocycles. The molecule has 2 aliphatic rings. The number of fused-ring (bicyclic) bond motifs is 2. The standard InChI is InChI=1S/C9H15F3N2.ClH/c10-9(11,12)6-14-7-1-2-8(14)5-13-4-3-7;/h7-8,13H,1-6H2;1H. The van der Waals surface area contributed by atoms with Crippen LogP contribution in [0, 0.1) is 0 Å². The highest BCUT2D eigenvalue weighted by Gasteiger charge is 2.41. The average molecular weight is 245 g/mol. The van der Waals surface area contributed by atoms with Crippen LogP contribution in [0.1, 0.15) is 19.3 Å². The average Bonchev–Trinajstić information content (AvgIpc) is 2.22. The van der Waals surface area contributed by atoms with Crippen molar-refractivity contribution in [2.45, 2.75) is 37.5 Å². The second kappa shape index (κ2) is 4.89. The molecule has 2 bridgehead atoms. The molecule has 0 spiro atoms. The van der Waals surface area contributed by atoms with Gasteiger partial charge in [-0.15, -0.1) is 12.4 Å². The Morgan fingerprint density at radius 1 is 1.13 bits per heavy atom. The fourth-order valence-electron chi connectivity index (χ4n) is 2.55. The number of nitrogens with one attached hydrogen (secondary N) is 1. The number of halogens is 4. The summed E-state index contributed by atoms with van der Waals surface area (Å²) < 4.78 is 36.9. The van der Waals surface area contributed by atoms with Crippen LogP contribution in [-0.4, -0.2) is 42.8 Å². The minimum atomic E-state index is -4.05. The first-order valence-electron chi connectivity index (χ1n) is 5.09. The van der Waals surface area contributed by atoms with Gasteiger partial charge in [-0.25, -0.2) is 0 Å². The summed E-state index contributed by atoms with van der Waals surface area (Å²) in [4.78, 5) is 1.64. The van der Waals surface area contributed by atoms with Crippen molar-refractivity contribution in [1.29, 1.82) is 0 Å². The zero-order chi connectivity index (χ0) is 10.2. The molecular weight excluding hydrogens is 229 g/mol. The molecular formula is C9H16ClF3N2. The molecule has 15 heavy (non-hydrogen) atoms. The number of hydrogen-bond donors (Lipinski definition) is 1. The summed E-state index contributed by atoms with van der Waals surface area (Å²) in [5.74, 6) is 0. The smallest absolute Gasteiger partial charge is 0.315 e. The molecule has 1 N–H and O–H groups in total. The molecule has 2 fully saturated rings. The van der Waals surface area contributed by atoms with Crippen LogP contribution in [0.5, 0.6) is 0 Å². The molecule has 0 aliphatic carbocycles. The fourth-order valence-corrected chi connectivity index (χ4v) is 2.55. The van der Waals surface area contributed by atoms with Crippen molar-refractivity contribution < 1.29 is 13.2 Å². The highest BCUT2D eigenvalue weighted by molar-refractivity contribution is 5.85. The Kier molecular flexibility index (Phi) is 4.26. The molecule has 0 aromatic heterocycles.